The predicted octanol–water partition coefficient (Wildman–Crippen LogP) is 0.844. The molecule has 4 heteroatoms. The van der Waals surface area contributed by atoms with Crippen LogP contribution < -0.4 is 0 Å². The van der Waals surface area contributed by atoms with E-state index < -0.39 is 0 Å². The molecule has 0 unspecified atom stereocenters. The molecule has 8 heavy (non-hydrogen) atoms. The summed E-state index contributed by atoms with van der Waals surface area (Å²) in [4.78, 5) is 0. The standard InChI is InChI=1S/C3H7O2.CH3.W.Y/c1-4-3-5-2;;;/h3H,1-2H3;1H3;;/q2*-1;;. The van der Waals surface area contributed by atoms with E-state index in [2.05, 4.69) is 9.47 Å². The second-order valence-corrected chi connectivity index (χ2v) is 0.568. The van der Waals surface area contributed by atoms with Crippen molar-refractivity contribution < 1.29 is 63.2 Å². The summed E-state index contributed by atoms with van der Waals surface area (Å²) >= 11 is 0. The first kappa shape index (κ1) is 22.6. The molecule has 0 bridgehead atoms. The Morgan fingerprint density at radius 3 is 1.38 bits per heavy atom. The second-order valence-electron chi connectivity index (χ2n) is 0.568. The fourth-order valence-corrected chi connectivity index (χ4v) is 0.0962. The summed E-state index contributed by atoms with van der Waals surface area (Å²) in [5.41, 5.74) is 0. The van der Waals surface area contributed by atoms with Crippen LogP contribution in [-0.4, -0.2) is 14.2 Å². The van der Waals surface area contributed by atoms with Crippen LogP contribution in [0.1, 0.15) is 0 Å². The van der Waals surface area contributed by atoms with E-state index in [0.29, 0.717) is 0 Å². The zero-order valence-corrected chi connectivity index (χ0v) is 11.2. The Kier molecular flexibility index (Phi) is 65.9. The van der Waals surface area contributed by atoms with Crippen LogP contribution in [0.25, 0.3) is 0 Å². The van der Waals surface area contributed by atoms with Crippen molar-refractivity contribution in [3.8, 4) is 0 Å². The van der Waals surface area contributed by atoms with E-state index >= 15 is 0 Å². The topological polar surface area (TPSA) is 18.5 Å². The van der Waals surface area contributed by atoms with Crippen molar-refractivity contribution in [1.82, 2.24) is 0 Å². The molecule has 0 aromatic rings. The molecule has 0 rings (SSSR count). The van der Waals surface area contributed by atoms with Gasteiger partial charge in [-0.25, -0.2) is 0 Å². The Morgan fingerprint density at radius 1 is 1.12 bits per heavy atom. The molecule has 0 atom stereocenters. The van der Waals surface area contributed by atoms with Crippen LogP contribution in [0, 0.1) is 14.2 Å². The van der Waals surface area contributed by atoms with Crippen molar-refractivity contribution in [2.45, 2.75) is 0 Å². The molecule has 2 nitrogen and oxygen atoms in total. The SMILES string of the molecule is CO[CH-]OC.[CH3-].[W].[Y]. The van der Waals surface area contributed by atoms with Gasteiger partial charge in [0, 0.05) is 68.0 Å². The summed E-state index contributed by atoms with van der Waals surface area (Å²) in [6, 6.07) is 0. The third kappa shape index (κ3) is 25.2. The van der Waals surface area contributed by atoms with Gasteiger partial charge >= 0.3 is 0 Å². The summed E-state index contributed by atoms with van der Waals surface area (Å²) in [5.74, 6) is 0. The first-order valence-corrected chi connectivity index (χ1v) is 1.29. The molecule has 0 aliphatic heterocycles. The largest absolute Gasteiger partial charge is 0.527 e. The van der Waals surface area contributed by atoms with E-state index in [9.17, 15) is 0 Å². The van der Waals surface area contributed by atoms with Gasteiger partial charge in [0.05, 0.1) is 0 Å². The van der Waals surface area contributed by atoms with Gasteiger partial charge < -0.3 is 16.9 Å². The second kappa shape index (κ2) is 23.3. The van der Waals surface area contributed by atoms with Gasteiger partial charge in [-0.15, -0.1) is 0 Å². The van der Waals surface area contributed by atoms with Crippen molar-refractivity contribution in [3.63, 3.8) is 0 Å². The Balaban J connectivity index is -0.0000000267. The monoisotopic (exact) mass is 363 g/mol. The first-order valence-electron chi connectivity index (χ1n) is 1.29. The van der Waals surface area contributed by atoms with Gasteiger partial charge in [-0.3, -0.25) is 0 Å². The Bertz CT molecular complexity index is 21.5. The molecule has 0 N–H and O–H groups in total. The molecule has 0 spiro atoms. The van der Waals surface area contributed by atoms with Crippen LogP contribution in [0.15, 0.2) is 0 Å². The molecule has 0 saturated carbocycles. The number of rotatable bonds is 2. The Labute approximate surface area is 90.8 Å². The van der Waals surface area contributed by atoms with Crippen molar-refractivity contribution in [3.05, 3.63) is 14.2 Å². The van der Waals surface area contributed by atoms with E-state index in [4.69, 9.17) is 0 Å². The molecule has 49 valence electrons. The Morgan fingerprint density at radius 2 is 1.38 bits per heavy atom. The van der Waals surface area contributed by atoms with Crippen LogP contribution in [0.4, 0.5) is 0 Å². The number of hydrogen-bond donors (Lipinski definition) is 0. The summed E-state index contributed by atoms with van der Waals surface area (Å²) in [6.45, 7) is 1.25. The molecular weight excluding hydrogens is 353 g/mol. The molecule has 0 saturated heterocycles. The summed E-state index contributed by atoms with van der Waals surface area (Å²) in [6.07, 6.45) is 0. The minimum absolute atomic E-state index is 0. The average Bonchev–Trinajstić information content (AvgIpc) is 1.41. The van der Waals surface area contributed by atoms with Gasteiger partial charge in [0.1, 0.15) is 0 Å². The molecular formula is C4H10O2WY-2. The number of methoxy groups -OCH3 is 2. The van der Waals surface area contributed by atoms with E-state index in [1.165, 1.54) is 21.0 Å². The summed E-state index contributed by atoms with van der Waals surface area (Å²) in [7, 11) is 3.06. The van der Waals surface area contributed by atoms with Gasteiger partial charge in [0.25, 0.3) is 0 Å². The minimum Gasteiger partial charge on any atom is -0.527 e. The zero-order valence-electron chi connectivity index (χ0n) is 5.38. The van der Waals surface area contributed by atoms with Crippen molar-refractivity contribution in [1.29, 1.82) is 0 Å². The predicted molar refractivity (Wildman–Crippen MR) is 24.7 cm³/mol. The molecule has 0 aliphatic rings. The zero-order chi connectivity index (χ0) is 4.12. The van der Waals surface area contributed by atoms with Crippen LogP contribution >= 0.6 is 0 Å². The van der Waals surface area contributed by atoms with Gasteiger partial charge in [-0.05, 0) is 0 Å². The smallest absolute Gasteiger partial charge is 0.00103 e. The normalized spacial score (nSPS) is 5.25. The fraction of sp³-hybridized carbons (Fsp3) is 0.500. The molecule has 0 heterocycles. The Hall–Kier alpha value is 1.71. The van der Waals surface area contributed by atoms with Crippen LogP contribution in [-0.2, 0) is 63.2 Å². The summed E-state index contributed by atoms with van der Waals surface area (Å²) < 4.78 is 8.69. The number of hydrogen-bond acceptors (Lipinski definition) is 2. The molecule has 1 radical (unpaired) electrons. The molecule has 0 aliphatic carbocycles. The van der Waals surface area contributed by atoms with Gasteiger partial charge in [0.15, 0.2) is 0 Å². The summed E-state index contributed by atoms with van der Waals surface area (Å²) in [5, 5.41) is 0. The quantitative estimate of drug-likeness (QED) is 0.678. The maximum atomic E-state index is 4.34. The average molecular weight is 363 g/mol. The molecule has 0 fully saturated rings. The molecule has 0 aromatic heterocycles. The fourth-order valence-electron chi connectivity index (χ4n) is 0.0962. The van der Waals surface area contributed by atoms with Crippen LogP contribution in [0.5, 0.6) is 0 Å². The first-order chi connectivity index (χ1) is 2.41. The van der Waals surface area contributed by atoms with Crippen molar-refractivity contribution in [2.75, 3.05) is 14.2 Å². The van der Waals surface area contributed by atoms with Gasteiger partial charge in [0.2, 0.25) is 0 Å². The van der Waals surface area contributed by atoms with Gasteiger partial charge in [-0.2, -0.15) is 0 Å². The third-order valence-electron chi connectivity index (χ3n) is 0.192. The van der Waals surface area contributed by atoms with Crippen molar-refractivity contribution in [2.24, 2.45) is 0 Å². The third-order valence-corrected chi connectivity index (χ3v) is 0.192. The van der Waals surface area contributed by atoms with E-state index in [-0.39, 0.29) is 61.2 Å². The minimum atomic E-state index is 0. The van der Waals surface area contributed by atoms with E-state index in [1.54, 1.807) is 0 Å². The molecule has 0 amide bonds. The van der Waals surface area contributed by atoms with Crippen molar-refractivity contribution >= 4 is 0 Å². The number of ether oxygens (including phenoxy) is 2. The van der Waals surface area contributed by atoms with E-state index in [0.717, 1.165) is 0 Å². The van der Waals surface area contributed by atoms with Crippen LogP contribution in [0.2, 0.25) is 0 Å². The maximum Gasteiger partial charge on any atom is 0.00103 e. The van der Waals surface area contributed by atoms with E-state index in [1.807, 2.05) is 0 Å². The van der Waals surface area contributed by atoms with Gasteiger partial charge in [-0.1, -0.05) is 6.79 Å². The maximum absolute atomic E-state index is 4.34. The van der Waals surface area contributed by atoms with Crippen LogP contribution in [0.3, 0.4) is 0 Å². The molecule has 0 aromatic carbocycles.